The fourth-order valence-electron chi connectivity index (χ4n) is 4.00. The Kier molecular flexibility index (Phi) is 5.50. The number of nitrogens with zero attached hydrogens (tertiary/aromatic N) is 4. The van der Waals surface area contributed by atoms with Gasteiger partial charge in [0.05, 0.1) is 11.8 Å². The van der Waals surface area contributed by atoms with Gasteiger partial charge in [-0.15, -0.1) is 0 Å². The monoisotopic (exact) mass is 370 g/mol. The highest BCUT2D eigenvalue weighted by Crippen LogP contribution is 2.28. The van der Waals surface area contributed by atoms with Crippen molar-refractivity contribution in [2.45, 2.75) is 44.2 Å². The van der Waals surface area contributed by atoms with E-state index in [0.29, 0.717) is 31.7 Å². The quantitative estimate of drug-likeness (QED) is 0.887. The second-order valence-electron chi connectivity index (χ2n) is 7.57. The van der Waals surface area contributed by atoms with E-state index >= 15 is 0 Å². The maximum Gasteiger partial charge on any atom is 0.292 e. The summed E-state index contributed by atoms with van der Waals surface area (Å²) in [5.41, 5.74) is 2.08. The number of aliphatic hydroxyl groups is 1. The van der Waals surface area contributed by atoms with Crippen molar-refractivity contribution in [2.75, 3.05) is 26.2 Å². The third-order valence-electron chi connectivity index (χ3n) is 5.54. The number of likely N-dealkylation sites (tertiary alicyclic amines) is 2. The Bertz CT molecular complexity index is 756. The van der Waals surface area contributed by atoms with Gasteiger partial charge in [-0.2, -0.15) is 0 Å². The van der Waals surface area contributed by atoms with Crippen molar-refractivity contribution >= 4 is 5.91 Å². The van der Waals surface area contributed by atoms with E-state index in [0.717, 1.165) is 38.2 Å². The molecule has 0 aliphatic carbocycles. The molecule has 0 radical (unpaired) electrons. The van der Waals surface area contributed by atoms with E-state index in [2.05, 4.69) is 21.1 Å². The molecule has 144 valence electrons. The molecular weight excluding hydrogens is 344 g/mol. The first-order valence-electron chi connectivity index (χ1n) is 9.74. The van der Waals surface area contributed by atoms with E-state index in [1.165, 1.54) is 5.56 Å². The Labute approximate surface area is 159 Å². The molecule has 2 fully saturated rings. The first-order chi connectivity index (χ1) is 13.2. The van der Waals surface area contributed by atoms with Crippen LogP contribution in [0.1, 0.15) is 53.4 Å². The van der Waals surface area contributed by atoms with Gasteiger partial charge in [0.1, 0.15) is 0 Å². The number of hydrogen-bond donors (Lipinski definition) is 1. The largest absolute Gasteiger partial charge is 0.393 e. The lowest BCUT2D eigenvalue weighted by Gasteiger charge is -2.31. The van der Waals surface area contributed by atoms with E-state index in [4.69, 9.17) is 4.52 Å². The summed E-state index contributed by atoms with van der Waals surface area (Å²) in [5.74, 6) is 0.471. The van der Waals surface area contributed by atoms with Gasteiger partial charge >= 0.3 is 0 Å². The van der Waals surface area contributed by atoms with Crippen molar-refractivity contribution in [3.8, 4) is 0 Å². The molecule has 7 nitrogen and oxygen atoms in total. The van der Waals surface area contributed by atoms with Crippen LogP contribution >= 0.6 is 0 Å². The number of carbonyl (C=O) groups is 1. The summed E-state index contributed by atoms with van der Waals surface area (Å²) < 4.78 is 5.38. The summed E-state index contributed by atoms with van der Waals surface area (Å²) in [6.45, 7) is 3.98. The standard InChI is InChI=1S/C20H26N4O3/c25-17-5-9-24(10-6-17)20(26)19-11-18(22-27-19)16-4-2-8-23(14-16)13-15-3-1-7-21-12-15/h1,3,7,11-12,16-17,25H,2,4-6,8-10,13-14H2/t16-/m1/s1. The van der Waals surface area contributed by atoms with Gasteiger partial charge < -0.3 is 14.5 Å². The van der Waals surface area contributed by atoms with Crippen LogP contribution in [0.2, 0.25) is 0 Å². The minimum atomic E-state index is -0.299. The predicted molar refractivity (Wildman–Crippen MR) is 99.1 cm³/mol. The second-order valence-corrected chi connectivity index (χ2v) is 7.57. The highest BCUT2D eigenvalue weighted by atomic mass is 16.5. The molecule has 4 rings (SSSR count). The Hall–Kier alpha value is -2.25. The fourth-order valence-corrected chi connectivity index (χ4v) is 4.00. The van der Waals surface area contributed by atoms with Crippen LogP contribution in [0.3, 0.4) is 0 Å². The summed E-state index contributed by atoms with van der Waals surface area (Å²) in [6, 6.07) is 5.87. The Morgan fingerprint density at radius 1 is 1.26 bits per heavy atom. The van der Waals surface area contributed by atoms with Crippen LogP contribution in [0.25, 0.3) is 0 Å². The van der Waals surface area contributed by atoms with Gasteiger partial charge in [-0.25, -0.2) is 0 Å². The van der Waals surface area contributed by atoms with E-state index in [9.17, 15) is 9.90 Å². The molecule has 1 N–H and O–H groups in total. The molecular formula is C20H26N4O3. The summed E-state index contributed by atoms with van der Waals surface area (Å²) >= 11 is 0. The third kappa shape index (κ3) is 4.36. The normalized spacial score (nSPS) is 22.1. The molecule has 4 heterocycles. The molecule has 7 heteroatoms. The van der Waals surface area contributed by atoms with Crippen LogP contribution in [0.4, 0.5) is 0 Å². The molecule has 1 atom stereocenters. The molecule has 2 saturated heterocycles. The molecule has 0 spiro atoms. The Morgan fingerprint density at radius 2 is 2.11 bits per heavy atom. The van der Waals surface area contributed by atoms with Crippen LogP contribution in [-0.2, 0) is 6.54 Å². The minimum absolute atomic E-state index is 0.122. The number of carbonyl (C=O) groups excluding carboxylic acids is 1. The number of aromatic nitrogens is 2. The zero-order valence-electron chi connectivity index (χ0n) is 15.5. The molecule has 27 heavy (non-hydrogen) atoms. The molecule has 0 unspecified atom stereocenters. The van der Waals surface area contributed by atoms with E-state index in [1.807, 2.05) is 18.3 Å². The number of hydrogen-bond acceptors (Lipinski definition) is 6. The van der Waals surface area contributed by atoms with E-state index in [1.54, 1.807) is 11.1 Å². The molecule has 2 aromatic heterocycles. The molecule has 2 aliphatic heterocycles. The lowest BCUT2D eigenvalue weighted by molar-refractivity contribution is 0.0512. The van der Waals surface area contributed by atoms with Crippen LogP contribution in [0.15, 0.2) is 35.1 Å². The molecule has 2 aromatic rings. The summed E-state index contributed by atoms with van der Waals surface area (Å²) in [5, 5.41) is 13.8. The van der Waals surface area contributed by atoms with Gasteiger partial charge in [-0.3, -0.25) is 14.7 Å². The second kappa shape index (κ2) is 8.19. The zero-order valence-corrected chi connectivity index (χ0v) is 15.5. The Balaban J connectivity index is 1.38. The average Bonchev–Trinajstić information content (AvgIpc) is 3.19. The molecule has 1 amide bonds. The Morgan fingerprint density at radius 3 is 2.89 bits per heavy atom. The first kappa shape index (κ1) is 18.1. The van der Waals surface area contributed by atoms with Gasteiger partial charge in [0, 0.05) is 50.6 Å². The molecule has 0 bridgehead atoms. The average molecular weight is 370 g/mol. The van der Waals surface area contributed by atoms with E-state index < -0.39 is 0 Å². The number of aliphatic hydroxyl groups excluding tert-OH is 1. The van der Waals surface area contributed by atoms with Gasteiger partial charge in [0.2, 0.25) is 5.76 Å². The van der Waals surface area contributed by atoms with Crippen molar-refractivity contribution in [1.82, 2.24) is 19.9 Å². The zero-order chi connectivity index (χ0) is 18.6. The first-order valence-corrected chi connectivity index (χ1v) is 9.74. The number of piperidine rings is 2. The van der Waals surface area contributed by atoms with E-state index in [-0.39, 0.29) is 17.9 Å². The molecule has 2 aliphatic rings. The van der Waals surface area contributed by atoms with Crippen LogP contribution < -0.4 is 0 Å². The van der Waals surface area contributed by atoms with Crippen LogP contribution in [0.5, 0.6) is 0 Å². The van der Waals surface area contributed by atoms with Crippen LogP contribution in [0, 0.1) is 0 Å². The molecule has 0 aromatic carbocycles. The highest BCUT2D eigenvalue weighted by molar-refractivity contribution is 5.91. The topological polar surface area (TPSA) is 82.7 Å². The van der Waals surface area contributed by atoms with Gasteiger partial charge in [0.15, 0.2) is 0 Å². The summed E-state index contributed by atoms with van der Waals surface area (Å²) in [4.78, 5) is 20.9. The SMILES string of the molecule is O=C(c1cc([C@@H]2CCCN(Cc3cccnc3)C2)no1)N1CCC(O)CC1. The van der Waals surface area contributed by atoms with Gasteiger partial charge in [-0.1, -0.05) is 11.2 Å². The smallest absolute Gasteiger partial charge is 0.292 e. The number of amides is 1. The lowest BCUT2D eigenvalue weighted by Crippen LogP contribution is -2.39. The molecule has 0 saturated carbocycles. The predicted octanol–water partition coefficient (Wildman–Crippen LogP) is 2.05. The number of rotatable bonds is 4. The summed E-state index contributed by atoms with van der Waals surface area (Å²) in [6.07, 6.45) is 6.81. The minimum Gasteiger partial charge on any atom is -0.393 e. The van der Waals surface area contributed by atoms with Crippen molar-refractivity contribution in [3.05, 3.63) is 47.6 Å². The third-order valence-corrected chi connectivity index (χ3v) is 5.54. The van der Waals surface area contributed by atoms with Crippen molar-refractivity contribution < 1.29 is 14.4 Å². The van der Waals surface area contributed by atoms with Crippen LogP contribution in [-0.4, -0.2) is 63.2 Å². The van der Waals surface area contributed by atoms with Gasteiger partial charge in [0.25, 0.3) is 5.91 Å². The summed E-state index contributed by atoms with van der Waals surface area (Å²) in [7, 11) is 0. The highest BCUT2D eigenvalue weighted by Gasteiger charge is 2.28. The maximum atomic E-state index is 12.6. The van der Waals surface area contributed by atoms with Crippen molar-refractivity contribution in [3.63, 3.8) is 0 Å². The lowest BCUT2D eigenvalue weighted by atomic mass is 9.94. The van der Waals surface area contributed by atoms with Crippen molar-refractivity contribution in [2.24, 2.45) is 0 Å². The van der Waals surface area contributed by atoms with Crippen molar-refractivity contribution in [1.29, 1.82) is 0 Å². The van der Waals surface area contributed by atoms with Gasteiger partial charge in [-0.05, 0) is 43.9 Å². The number of pyridine rings is 1. The fraction of sp³-hybridized carbons (Fsp3) is 0.550. The maximum absolute atomic E-state index is 12.6.